The molecule has 1 atom stereocenters. The number of rotatable bonds is 3. The summed E-state index contributed by atoms with van der Waals surface area (Å²) in [6.07, 6.45) is 5.11. The second-order valence-corrected chi connectivity index (χ2v) is 5.21. The highest BCUT2D eigenvalue weighted by molar-refractivity contribution is 5.18. The normalized spacial score (nSPS) is 27.4. The van der Waals surface area contributed by atoms with Gasteiger partial charge in [-0.15, -0.1) is 0 Å². The third-order valence-electron chi connectivity index (χ3n) is 4.23. The van der Waals surface area contributed by atoms with E-state index >= 15 is 0 Å². The fourth-order valence-corrected chi connectivity index (χ4v) is 3.07. The molecule has 1 aliphatic carbocycles. The van der Waals surface area contributed by atoms with Crippen molar-refractivity contribution in [1.29, 1.82) is 0 Å². The lowest BCUT2D eigenvalue weighted by molar-refractivity contribution is 0.112. The Morgan fingerprint density at radius 2 is 1.94 bits per heavy atom. The standard InChI is InChI=1S/C14H19NO/c16-11-13-6-7-14(8-9-14)15(13)10-12-4-2-1-3-5-12/h1-5,13,16H,6-11H2. The molecule has 1 aliphatic heterocycles. The summed E-state index contributed by atoms with van der Waals surface area (Å²) in [5.41, 5.74) is 1.83. The quantitative estimate of drug-likeness (QED) is 0.839. The molecule has 1 aromatic rings. The molecule has 2 fully saturated rings. The van der Waals surface area contributed by atoms with Crippen LogP contribution in [0, 0.1) is 0 Å². The van der Waals surface area contributed by atoms with Crippen LogP contribution in [0.1, 0.15) is 31.2 Å². The smallest absolute Gasteiger partial charge is 0.0587 e. The number of benzene rings is 1. The first kappa shape index (κ1) is 10.3. The summed E-state index contributed by atoms with van der Waals surface area (Å²) in [5, 5.41) is 9.43. The summed E-state index contributed by atoms with van der Waals surface area (Å²) >= 11 is 0. The summed E-state index contributed by atoms with van der Waals surface area (Å²) in [7, 11) is 0. The highest BCUT2D eigenvalue weighted by Gasteiger charge is 2.53. The summed E-state index contributed by atoms with van der Waals surface area (Å²) in [6, 6.07) is 11.0. The molecular weight excluding hydrogens is 198 g/mol. The Morgan fingerprint density at radius 3 is 2.56 bits per heavy atom. The van der Waals surface area contributed by atoms with Gasteiger partial charge in [-0.1, -0.05) is 30.3 Å². The van der Waals surface area contributed by atoms with Crippen molar-refractivity contribution in [1.82, 2.24) is 4.90 Å². The number of hydrogen-bond donors (Lipinski definition) is 1. The lowest BCUT2D eigenvalue weighted by Gasteiger charge is -2.29. The number of aliphatic hydroxyl groups excluding tert-OH is 1. The molecule has 0 radical (unpaired) electrons. The third kappa shape index (κ3) is 1.66. The van der Waals surface area contributed by atoms with Gasteiger partial charge in [0.1, 0.15) is 0 Å². The van der Waals surface area contributed by atoms with Crippen LogP contribution in [-0.2, 0) is 6.54 Å². The zero-order chi connectivity index (χ0) is 11.0. The average molecular weight is 217 g/mol. The molecule has 1 unspecified atom stereocenters. The van der Waals surface area contributed by atoms with Crippen LogP contribution in [0.5, 0.6) is 0 Å². The Balaban J connectivity index is 1.77. The minimum absolute atomic E-state index is 0.314. The molecule has 1 spiro atoms. The van der Waals surface area contributed by atoms with Crippen molar-refractivity contribution in [3.63, 3.8) is 0 Å². The second-order valence-electron chi connectivity index (χ2n) is 5.21. The molecule has 2 heteroatoms. The zero-order valence-electron chi connectivity index (χ0n) is 9.60. The first-order chi connectivity index (χ1) is 7.84. The topological polar surface area (TPSA) is 23.5 Å². The molecule has 2 aliphatic rings. The molecule has 1 saturated heterocycles. The van der Waals surface area contributed by atoms with Crippen LogP contribution >= 0.6 is 0 Å². The minimum atomic E-state index is 0.314. The molecule has 1 heterocycles. The largest absolute Gasteiger partial charge is 0.395 e. The van der Waals surface area contributed by atoms with Crippen molar-refractivity contribution in [3.8, 4) is 0 Å². The van der Waals surface area contributed by atoms with E-state index in [0.29, 0.717) is 18.2 Å². The third-order valence-corrected chi connectivity index (χ3v) is 4.23. The Labute approximate surface area is 96.9 Å². The average Bonchev–Trinajstić information content (AvgIpc) is 3.02. The number of hydrogen-bond acceptors (Lipinski definition) is 2. The number of nitrogens with zero attached hydrogens (tertiary/aromatic N) is 1. The molecule has 0 amide bonds. The maximum atomic E-state index is 9.43. The van der Waals surface area contributed by atoms with Gasteiger partial charge in [-0.05, 0) is 31.2 Å². The van der Waals surface area contributed by atoms with Crippen molar-refractivity contribution in [3.05, 3.63) is 35.9 Å². The molecule has 0 bridgehead atoms. The minimum Gasteiger partial charge on any atom is -0.395 e. The molecule has 2 nitrogen and oxygen atoms in total. The molecule has 86 valence electrons. The SMILES string of the molecule is OCC1CCC2(CC2)N1Cc1ccccc1. The van der Waals surface area contributed by atoms with Gasteiger partial charge in [-0.25, -0.2) is 0 Å². The number of aliphatic hydroxyl groups is 1. The second kappa shape index (κ2) is 3.86. The maximum absolute atomic E-state index is 9.43. The van der Waals surface area contributed by atoms with Gasteiger partial charge >= 0.3 is 0 Å². The molecule has 0 aromatic heterocycles. The number of likely N-dealkylation sites (tertiary alicyclic amines) is 1. The van der Waals surface area contributed by atoms with Crippen molar-refractivity contribution in [2.45, 2.75) is 43.8 Å². The van der Waals surface area contributed by atoms with E-state index < -0.39 is 0 Å². The van der Waals surface area contributed by atoms with E-state index in [0.717, 1.165) is 6.54 Å². The van der Waals surface area contributed by atoms with E-state index in [4.69, 9.17) is 0 Å². The fraction of sp³-hybridized carbons (Fsp3) is 0.571. The van der Waals surface area contributed by atoms with E-state index in [2.05, 4.69) is 35.2 Å². The van der Waals surface area contributed by atoms with Crippen LogP contribution in [0.25, 0.3) is 0 Å². The Morgan fingerprint density at radius 1 is 1.19 bits per heavy atom. The molecule has 1 saturated carbocycles. The van der Waals surface area contributed by atoms with Gasteiger partial charge in [0.2, 0.25) is 0 Å². The molecular formula is C14H19NO. The first-order valence-corrected chi connectivity index (χ1v) is 6.26. The summed E-state index contributed by atoms with van der Waals surface area (Å²) in [4.78, 5) is 2.54. The molecule has 1 N–H and O–H groups in total. The predicted octanol–water partition coefficient (Wildman–Crippen LogP) is 2.18. The maximum Gasteiger partial charge on any atom is 0.0587 e. The van der Waals surface area contributed by atoms with Gasteiger partial charge in [0.25, 0.3) is 0 Å². The van der Waals surface area contributed by atoms with E-state index in [1.807, 2.05) is 0 Å². The van der Waals surface area contributed by atoms with E-state index in [1.165, 1.54) is 31.2 Å². The van der Waals surface area contributed by atoms with Gasteiger partial charge in [0.15, 0.2) is 0 Å². The van der Waals surface area contributed by atoms with Crippen molar-refractivity contribution in [2.75, 3.05) is 6.61 Å². The van der Waals surface area contributed by atoms with Gasteiger partial charge in [-0.3, -0.25) is 4.90 Å². The summed E-state index contributed by atoms with van der Waals surface area (Å²) < 4.78 is 0. The van der Waals surface area contributed by atoms with Crippen LogP contribution in [-0.4, -0.2) is 28.2 Å². The van der Waals surface area contributed by atoms with Crippen LogP contribution in [0.2, 0.25) is 0 Å². The van der Waals surface area contributed by atoms with Crippen molar-refractivity contribution >= 4 is 0 Å². The van der Waals surface area contributed by atoms with Crippen LogP contribution in [0.4, 0.5) is 0 Å². The van der Waals surface area contributed by atoms with Crippen LogP contribution < -0.4 is 0 Å². The van der Waals surface area contributed by atoms with Gasteiger partial charge in [0.05, 0.1) is 6.61 Å². The lowest BCUT2D eigenvalue weighted by Crippen LogP contribution is -2.38. The van der Waals surface area contributed by atoms with Gasteiger partial charge in [0, 0.05) is 18.1 Å². The van der Waals surface area contributed by atoms with E-state index in [1.54, 1.807) is 0 Å². The molecule has 3 rings (SSSR count). The van der Waals surface area contributed by atoms with Crippen LogP contribution in [0.3, 0.4) is 0 Å². The van der Waals surface area contributed by atoms with Crippen molar-refractivity contribution < 1.29 is 5.11 Å². The van der Waals surface area contributed by atoms with Gasteiger partial charge < -0.3 is 5.11 Å². The highest BCUT2D eigenvalue weighted by atomic mass is 16.3. The molecule has 16 heavy (non-hydrogen) atoms. The lowest BCUT2D eigenvalue weighted by atomic mass is 10.1. The summed E-state index contributed by atoms with van der Waals surface area (Å²) in [5.74, 6) is 0. The monoisotopic (exact) mass is 217 g/mol. The van der Waals surface area contributed by atoms with Crippen LogP contribution in [0.15, 0.2) is 30.3 Å². The molecule has 1 aromatic carbocycles. The zero-order valence-corrected chi connectivity index (χ0v) is 9.60. The predicted molar refractivity (Wildman–Crippen MR) is 64.1 cm³/mol. The summed E-state index contributed by atoms with van der Waals surface area (Å²) in [6.45, 7) is 1.32. The first-order valence-electron chi connectivity index (χ1n) is 6.26. The fourth-order valence-electron chi connectivity index (χ4n) is 3.07. The Kier molecular flexibility index (Phi) is 2.49. The Bertz CT molecular complexity index is 358. The Hall–Kier alpha value is -0.860. The van der Waals surface area contributed by atoms with Crippen molar-refractivity contribution in [2.24, 2.45) is 0 Å². The van der Waals surface area contributed by atoms with E-state index in [9.17, 15) is 5.11 Å². The highest BCUT2D eigenvalue weighted by Crippen LogP contribution is 2.52. The van der Waals surface area contributed by atoms with Gasteiger partial charge in [-0.2, -0.15) is 0 Å². The van der Waals surface area contributed by atoms with E-state index in [-0.39, 0.29) is 0 Å².